The lowest BCUT2D eigenvalue weighted by atomic mass is 10.1. The minimum atomic E-state index is -4.53. The van der Waals surface area contributed by atoms with Crippen LogP contribution in [-0.4, -0.2) is 48.5 Å². The molecule has 4 aromatic rings. The van der Waals surface area contributed by atoms with E-state index in [9.17, 15) is 26.4 Å². The fourth-order valence-corrected chi connectivity index (χ4v) is 5.73. The van der Waals surface area contributed by atoms with E-state index in [1.807, 2.05) is 0 Å². The second-order valence-corrected chi connectivity index (χ2v) is 11.4. The van der Waals surface area contributed by atoms with Gasteiger partial charge in [0.1, 0.15) is 12.0 Å². The van der Waals surface area contributed by atoms with Gasteiger partial charge < -0.3 is 14.8 Å². The number of alkyl halides is 2. The fraction of sp³-hybridized carbons (Fsp3) is 0.286. The van der Waals surface area contributed by atoms with Crippen LogP contribution in [-0.2, 0) is 27.7 Å². The van der Waals surface area contributed by atoms with Gasteiger partial charge in [-0.1, -0.05) is 6.92 Å². The number of amides is 1. The Morgan fingerprint density at radius 1 is 1.20 bits per heavy atom. The number of benzene rings is 1. The highest BCUT2D eigenvalue weighted by Gasteiger charge is 2.35. The van der Waals surface area contributed by atoms with Crippen molar-refractivity contribution in [3.05, 3.63) is 77.0 Å². The molecule has 0 unspecified atom stereocenters. The predicted octanol–water partition coefficient (Wildman–Crippen LogP) is 4.79. The number of carbonyl (C=O) groups is 1. The van der Waals surface area contributed by atoms with E-state index in [-0.39, 0.29) is 35.7 Å². The van der Waals surface area contributed by atoms with Gasteiger partial charge in [-0.25, -0.2) is 31.6 Å². The Morgan fingerprint density at radius 2 is 2.00 bits per heavy atom. The summed E-state index contributed by atoms with van der Waals surface area (Å²) in [7, 11) is -3.09. The van der Waals surface area contributed by atoms with Crippen molar-refractivity contribution in [1.82, 2.24) is 20.3 Å². The van der Waals surface area contributed by atoms with E-state index in [1.54, 1.807) is 43.5 Å². The third-order valence-electron chi connectivity index (χ3n) is 6.65. The van der Waals surface area contributed by atoms with Gasteiger partial charge in [-0.05, 0) is 48.9 Å². The number of hydrogen-bond donors (Lipinski definition) is 1. The number of nitrogens with one attached hydrogen (secondary N) is 1. The largest absolute Gasteiger partial charge is 0.480 e. The van der Waals surface area contributed by atoms with Crippen molar-refractivity contribution in [3.63, 3.8) is 0 Å². The number of nitrogens with zero attached hydrogens (tertiary/aromatic N) is 3. The van der Waals surface area contributed by atoms with Crippen molar-refractivity contribution in [3.8, 4) is 17.1 Å². The van der Waals surface area contributed by atoms with Gasteiger partial charge >= 0.3 is 0 Å². The molecule has 214 valence electrons. The molecule has 0 spiro atoms. The first-order valence-corrected chi connectivity index (χ1v) is 14.2. The van der Waals surface area contributed by atoms with Crippen LogP contribution in [0.4, 0.5) is 13.2 Å². The zero-order valence-corrected chi connectivity index (χ0v) is 22.8. The normalized spacial score (nSPS) is 17.0. The fourth-order valence-electron chi connectivity index (χ4n) is 4.38. The number of pyridine rings is 3. The molecule has 9 nitrogen and oxygen atoms in total. The molecular weight excluding hydrogens is 561 g/mol. The van der Waals surface area contributed by atoms with Crippen LogP contribution in [0.1, 0.15) is 46.8 Å². The number of hydrogen-bond acceptors (Lipinski definition) is 8. The summed E-state index contributed by atoms with van der Waals surface area (Å²) in [5, 5.41) is 3.29. The van der Waals surface area contributed by atoms with Crippen LogP contribution >= 0.6 is 0 Å². The number of methoxy groups -OCH3 is 1. The molecule has 41 heavy (non-hydrogen) atoms. The molecule has 0 saturated heterocycles. The molecule has 4 heterocycles. The third-order valence-corrected chi connectivity index (χ3v) is 8.43. The summed E-state index contributed by atoms with van der Waals surface area (Å²) in [6.07, 6.45) is 0.633. The molecule has 13 heteroatoms. The summed E-state index contributed by atoms with van der Waals surface area (Å²) in [4.78, 5) is 25.5. The molecule has 0 saturated carbocycles. The van der Waals surface area contributed by atoms with Crippen LogP contribution in [0, 0.1) is 5.82 Å². The van der Waals surface area contributed by atoms with Crippen LogP contribution in [0.5, 0.6) is 5.88 Å². The molecule has 0 bridgehead atoms. The van der Waals surface area contributed by atoms with Gasteiger partial charge in [-0.2, -0.15) is 0 Å². The molecular formula is C28H25F3N4O5S. The second-order valence-electron chi connectivity index (χ2n) is 9.32. The summed E-state index contributed by atoms with van der Waals surface area (Å²) < 4.78 is 78.2. The van der Waals surface area contributed by atoms with Crippen molar-refractivity contribution in [2.75, 3.05) is 13.7 Å². The van der Waals surface area contributed by atoms with Crippen molar-refractivity contribution >= 4 is 26.6 Å². The maximum Gasteiger partial charge on any atom is 0.251 e. The Labute approximate surface area is 233 Å². The number of halogens is 3. The Hall–Kier alpha value is -4.10. The van der Waals surface area contributed by atoms with E-state index in [0.29, 0.717) is 27.9 Å². The molecule has 0 fully saturated rings. The lowest BCUT2D eigenvalue weighted by molar-refractivity contribution is 0.0938. The Kier molecular flexibility index (Phi) is 7.91. The van der Waals surface area contributed by atoms with Gasteiger partial charge in [0, 0.05) is 22.7 Å². The average Bonchev–Trinajstić information content (AvgIpc) is 3.09. The minimum absolute atomic E-state index is 0.0878. The van der Waals surface area contributed by atoms with Gasteiger partial charge in [0.05, 0.1) is 59.9 Å². The van der Waals surface area contributed by atoms with E-state index in [2.05, 4.69) is 20.3 Å². The van der Waals surface area contributed by atoms with Crippen LogP contribution in [0.2, 0.25) is 0 Å². The molecule has 1 amide bonds. The molecule has 2 atom stereocenters. The van der Waals surface area contributed by atoms with Crippen LogP contribution < -0.4 is 10.1 Å². The molecule has 3 aromatic heterocycles. The van der Waals surface area contributed by atoms with Crippen LogP contribution in [0.15, 0.2) is 53.6 Å². The average molecular weight is 587 g/mol. The first-order valence-electron chi connectivity index (χ1n) is 12.6. The number of fused-ring (bicyclic) bond motifs is 2. The molecule has 1 aliphatic rings. The van der Waals surface area contributed by atoms with Gasteiger partial charge in [-0.15, -0.1) is 0 Å². The highest BCUT2D eigenvalue weighted by atomic mass is 32.2. The maximum absolute atomic E-state index is 14.7. The van der Waals surface area contributed by atoms with E-state index in [4.69, 9.17) is 9.47 Å². The monoisotopic (exact) mass is 586 g/mol. The minimum Gasteiger partial charge on any atom is -0.480 e. The maximum atomic E-state index is 14.7. The third kappa shape index (κ3) is 5.59. The Balaban J connectivity index is 1.38. The molecule has 5 rings (SSSR count). The zero-order valence-electron chi connectivity index (χ0n) is 22.0. The Morgan fingerprint density at radius 3 is 2.76 bits per heavy atom. The lowest BCUT2D eigenvalue weighted by Crippen LogP contribution is -2.25. The topological polar surface area (TPSA) is 120 Å². The van der Waals surface area contributed by atoms with Crippen LogP contribution in [0.3, 0.4) is 0 Å². The van der Waals surface area contributed by atoms with Crippen molar-refractivity contribution in [2.24, 2.45) is 0 Å². The van der Waals surface area contributed by atoms with E-state index in [1.165, 1.54) is 7.11 Å². The quantitative estimate of drug-likeness (QED) is 0.328. The van der Waals surface area contributed by atoms with Gasteiger partial charge in [0.2, 0.25) is 21.2 Å². The highest BCUT2D eigenvalue weighted by Crippen LogP contribution is 2.32. The molecule has 0 radical (unpaired) electrons. The number of sulfone groups is 1. The van der Waals surface area contributed by atoms with E-state index in [0.717, 1.165) is 12.1 Å². The van der Waals surface area contributed by atoms with Crippen molar-refractivity contribution in [2.45, 2.75) is 43.1 Å². The molecule has 1 aliphatic heterocycles. The number of ether oxygens (including phenoxy) is 2. The standard InChI is InChI=1S/C28H25F3N4O5S/c1-3-20(29)23-7-5-18(28(35-23)39-2)22-6-4-15-11-32-17(10-24(15)34-22)12-33-27(36)16-8-21(30)19-13-40-14-26(31)41(37,38)25(19)9-16/h4-11,20,26H,3,12-14H2,1-2H3,(H,33,36)/t20-,26-/m1/s1. The number of rotatable bonds is 7. The van der Waals surface area contributed by atoms with E-state index >= 15 is 0 Å². The first-order chi connectivity index (χ1) is 19.6. The second kappa shape index (κ2) is 11.4. The Bertz CT molecular complexity index is 1750. The van der Waals surface area contributed by atoms with Gasteiger partial charge in [-0.3, -0.25) is 9.78 Å². The predicted molar refractivity (Wildman–Crippen MR) is 143 cm³/mol. The zero-order chi connectivity index (χ0) is 29.3. The SMILES string of the molecule is CC[C@@H](F)c1ccc(-c2ccc3cnc(CNC(=O)c4cc(F)c5c(c4)S(=O)(=O)[C@@H](F)COC5)cc3n2)c(OC)n1. The van der Waals surface area contributed by atoms with E-state index < -0.39 is 51.3 Å². The molecule has 1 aromatic carbocycles. The highest BCUT2D eigenvalue weighted by molar-refractivity contribution is 7.92. The van der Waals surface area contributed by atoms with Gasteiger partial charge in [0.15, 0.2) is 0 Å². The molecule has 1 N–H and O–H groups in total. The summed E-state index contributed by atoms with van der Waals surface area (Å²) in [5.74, 6) is -1.53. The van der Waals surface area contributed by atoms with Crippen molar-refractivity contribution in [1.29, 1.82) is 0 Å². The van der Waals surface area contributed by atoms with Crippen LogP contribution in [0.25, 0.3) is 22.2 Å². The number of aromatic nitrogens is 3. The smallest absolute Gasteiger partial charge is 0.251 e. The lowest BCUT2D eigenvalue weighted by Gasteiger charge is -2.12. The summed E-state index contributed by atoms with van der Waals surface area (Å²) in [6, 6.07) is 10.3. The summed E-state index contributed by atoms with van der Waals surface area (Å²) >= 11 is 0. The summed E-state index contributed by atoms with van der Waals surface area (Å²) in [5.41, 5.74) is -0.669. The van der Waals surface area contributed by atoms with Crippen molar-refractivity contribution < 1.29 is 35.9 Å². The van der Waals surface area contributed by atoms with Gasteiger partial charge in [0.25, 0.3) is 5.91 Å². The molecule has 0 aliphatic carbocycles. The first kappa shape index (κ1) is 28.4. The summed E-state index contributed by atoms with van der Waals surface area (Å²) in [6.45, 7) is 0.473. The number of carbonyl (C=O) groups excluding carboxylic acids is 1.